The van der Waals surface area contributed by atoms with Crippen molar-refractivity contribution >= 4 is 29.2 Å². The van der Waals surface area contributed by atoms with Gasteiger partial charge in [0.05, 0.1) is 34.7 Å². The summed E-state index contributed by atoms with van der Waals surface area (Å²) >= 11 is 1.55. The number of carbonyl (C=O) groups is 2. The summed E-state index contributed by atoms with van der Waals surface area (Å²) in [4.78, 5) is 30.3. The van der Waals surface area contributed by atoms with Crippen molar-refractivity contribution in [1.82, 2.24) is 4.98 Å². The Morgan fingerprint density at radius 1 is 1.21 bits per heavy atom. The molecule has 0 unspecified atom stereocenters. The third kappa shape index (κ3) is 8.75. The first-order valence-electron chi connectivity index (χ1n) is 12.2. The van der Waals surface area contributed by atoms with E-state index in [4.69, 9.17) is 4.74 Å². The second-order valence-electron chi connectivity index (χ2n) is 9.74. The lowest BCUT2D eigenvalue weighted by atomic mass is 9.73. The lowest BCUT2D eigenvalue weighted by molar-refractivity contribution is -0.154. The number of hydrogen-bond acceptors (Lipinski definition) is 7. The number of Topliss-reactive ketones (excluding diaryl/α,β-unsaturated/α-hetero) is 1. The van der Waals surface area contributed by atoms with E-state index in [0.717, 1.165) is 29.1 Å². The van der Waals surface area contributed by atoms with Gasteiger partial charge < -0.3 is 14.9 Å². The Morgan fingerprint density at radius 3 is 2.38 bits per heavy atom. The van der Waals surface area contributed by atoms with Gasteiger partial charge in [-0.25, -0.2) is 4.98 Å². The number of ether oxygens (including phenoxy) is 1. The maximum Gasteiger partial charge on any atom is 0.309 e. The van der Waals surface area contributed by atoms with Crippen LogP contribution in [0.25, 0.3) is 6.08 Å². The van der Waals surface area contributed by atoms with E-state index in [1.165, 1.54) is 0 Å². The molecular weight excluding hydrogens is 450 g/mol. The smallest absolute Gasteiger partial charge is 0.309 e. The van der Waals surface area contributed by atoms with Gasteiger partial charge in [-0.15, -0.1) is 11.3 Å². The third-order valence-electron chi connectivity index (χ3n) is 6.53. The minimum absolute atomic E-state index is 0.0370. The number of aryl methyl sites for hydroxylation is 1. The molecule has 0 saturated heterocycles. The third-order valence-corrected chi connectivity index (χ3v) is 7.32. The normalized spacial score (nSPS) is 17.3. The van der Waals surface area contributed by atoms with Gasteiger partial charge in [-0.05, 0) is 37.8 Å². The Hall–Kier alpha value is -1.83. The second-order valence-corrected chi connectivity index (χ2v) is 10.8. The molecule has 0 aliphatic heterocycles. The van der Waals surface area contributed by atoms with Crippen molar-refractivity contribution in [2.45, 2.75) is 99.4 Å². The van der Waals surface area contributed by atoms with E-state index in [1.807, 2.05) is 58.2 Å². The van der Waals surface area contributed by atoms with Crippen molar-refractivity contribution in [3.8, 4) is 0 Å². The van der Waals surface area contributed by atoms with Gasteiger partial charge in [0.1, 0.15) is 11.9 Å². The Morgan fingerprint density at radius 2 is 1.85 bits per heavy atom. The fraction of sp³-hybridized carbons (Fsp3) is 0.667. The highest BCUT2D eigenvalue weighted by atomic mass is 32.1. The molecule has 0 radical (unpaired) electrons. The SMILES string of the molecule is CC/C=C/C[C@H](OC(=O)C[C@H](O)C(C)(C)C(=O)[C@H](C)[C@@H](O)[C@@H](C)CC)/C(C)=C/c1csc(C)n1. The van der Waals surface area contributed by atoms with Crippen LogP contribution in [0.15, 0.2) is 23.1 Å². The first-order valence-corrected chi connectivity index (χ1v) is 13.1. The van der Waals surface area contributed by atoms with E-state index in [0.29, 0.717) is 6.42 Å². The molecule has 0 aliphatic carbocycles. The number of aliphatic hydroxyl groups excluding tert-OH is 2. The van der Waals surface area contributed by atoms with Gasteiger partial charge in [0.15, 0.2) is 0 Å². The van der Waals surface area contributed by atoms with E-state index >= 15 is 0 Å². The zero-order valence-electron chi connectivity index (χ0n) is 22.0. The van der Waals surface area contributed by atoms with E-state index in [2.05, 4.69) is 4.98 Å². The van der Waals surface area contributed by atoms with Crippen LogP contribution in [0.5, 0.6) is 0 Å². The van der Waals surface area contributed by atoms with Crippen molar-refractivity contribution in [3.63, 3.8) is 0 Å². The number of nitrogens with zero attached hydrogens (tertiary/aromatic N) is 1. The number of rotatable bonds is 14. The molecule has 7 heteroatoms. The van der Waals surface area contributed by atoms with Gasteiger partial charge in [-0.3, -0.25) is 9.59 Å². The first-order chi connectivity index (χ1) is 15.8. The standard InChI is InChI=1S/C27H43NO5S/c1-9-11-12-13-22(18(4)14-21-16-34-20(6)28-21)33-24(30)15-23(29)27(7,8)26(32)19(5)25(31)17(3)10-2/h11-12,14,16-17,19,22-23,25,29,31H,9-10,13,15H2,1-8H3/b12-11+,18-14+/t17-,19+,22-,23-,25-/m0/s1. The summed E-state index contributed by atoms with van der Waals surface area (Å²) in [6.07, 6.45) is 5.22. The minimum atomic E-state index is -1.23. The first kappa shape index (κ1) is 30.2. The molecule has 0 saturated carbocycles. The number of ketones is 1. The van der Waals surface area contributed by atoms with Gasteiger partial charge >= 0.3 is 5.97 Å². The zero-order chi connectivity index (χ0) is 26.1. The summed E-state index contributed by atoms with van der Waals surface area (Å²) in [5.41, 5.74) is 0.476. The van der Waals surface area contributed by atoms with E-state index in [9.17, 15) is 19.8 Å². The molecule has 34 heavy (non-hydrogen) atoms. The van der Waals surface area contributed by atoms with Crippen molar-refractivity contribution in [2.24, 2.45) is 17.3 Å². The molecule has 5 atom stereocenters. The predicted molar refractivity (Wildman–Crippen MR) is 138 cm³/mol. The van der Waals surface area contributed by atoms with Crippen LogP contribution >= 0.6 is 11.3 Å². The van der Waals surface area contributed by atoms with Crippen molar-refractivity contribution in [1.29, 1.82) is 0 Å². The molecule has 1 aromatic rings. The fourth-order valence-electron chi connectivity index (χ4n) is 3.75. The van der Waals surface area contributed by atoms with Crippen molar-refractivity contribution < 1.29 is 24.5 Å². The van der Waals surface area contributed by atoms with Gasteiger partial charge in [0.25, 0.3) is 0 Å². The topological polar surface area (TPSA) is 96.7 Å². The number of aromatic nitrogens is 1. The lowest BCUT2D eigenvalue weighted by Crippen LogP contribution is -2.45. The van der Waals surface area contributed by atoms with E-state index in [-0.39, 0.29) is 18.1 Å². The van der Waals surface area contributed by atoms with Crippen molar-refractivity contribution in [3.05, 3.63) is 33.8 Å². The van der Waals surface area contributed by atoms with Crippen LogP contribution in [-0.4, -0.2) is 45.3 Å². The summed E-state index contributed by atoms with van der Waals surface area (Å²) in [6, 6.07) is 0. The van der Waals surface area contributed by atoms with Gasteiger partial charge in [-0.1, -0.05) is 60.1 Å². The second kappa shape index (κ2) is 13.9. The van der Waals surface area contributed by atoms with Crippen molar-refractivity contribution in [2.75, 3.05) is 0 Å². The van der Waals surface area contributed by atoms with E-state index in [1.54, 1.807) is 32.1 Å². The molecule has 0 spiro atoms. The highest BCUT2D eigenvalue weighted by Gasteiger charge is 2.42. The molecule has 0 bridgehead atoms. The maximum absolute atomic E-state index is 13.1. The van der Waals surface area contributed by atoms with Crippen LogP contribution in [0, 0.1) is 24.2 Å². The molecule has 2 N–H and O–H groups in total. The molecule has 192 valence electrons. The number of thiazole rings is 1. The van der Waals surface area contributed by atoms with Crippen LogP contribution in [0.1, 0.15) is 84.9 Å². The van der Waals surface area contributed by atoms with Crippen LogP contribution in [0.4, 0.5) is 0 Å². The zero-order valence-corrected chi connectivity index (χ0v) is 22.8. The summed E-state index contributed by atoms with van der Waals surface area (Å²) < 4.78 is 5.74. The predicted octanol–water partition coefficient (Wildman–Crippen LogP) is 5.51. The van der Waals surface area contributed by atoms with Crippen LogP contribution < -0.4 is 0 Å². The Bertz CT molecular complexity index is 857. The highest BCUT2D eigenvalue weighted by molar-refractivity contribution is 7.09. The number of hydrogen-bond donors (Lipinski definition) is 2. The van der Waals surface area contributed by atoms with E-state index < -0.39 is 35.6 Å². The molecule has 0 fully saturated rings. The average Bonchev–Trinajstić information content (AvgIpc) is 3.20. The molecule has 1 heterocycles. The van der Waals surface area contributed by atoms with Gasteiger partial charge in [0, 0.05) is 17.7 Å². The minimum Gasteiger partial charge on any atom is -0.457 e. The molecular formula is C27H43NO5S. The molecule has 6 nitrogen and oxygen atoms in total. The number of carbonyl (C=O) groups excluding carboxylic acids is 2. The largest absolute Gasteiger partial charge is 0.457 e. The summed E-state index contributed by atoms with van der Waals surface area (Å²) in [5.74, 6) is -1.52. The Labute approximate surface area is 209 Å². The number of allylic oxidation sites excluding steroid dienone is 1. The quantitative estimate of drug-likeness (QED) is 0.262. The Balaban J connectivity index is 2.92. The summed E-state index contributed by atoms with van der Waals surface area (Å²) in [6.45, 7) is 14.6. The molecule has 1 rings (SSSR count). The fourth-order valence-corrected chi connectivity index (χ4v) is 4.32. The van der Waals surface area contributed by atoms with Crippen LogP contribution in [0.3, 0.4) is 0 Å². The molecule has 0 aromatic carbocycles. The number of esters is 1. The van der Waals surface area contributed by atoms with Crippen LogP contribution in [0.2, 0.25) is 0 Å². The molecule has 0 aliphatic rings. The number of aliphatic hydroxyl groups is 2. The summed E-state index contributed by atoms with van der Waals surface area (Å²) in [5, 5.41) is 24.2. The van der Waals surface area contributed by atoms with Gasteiger partial charge in [0.2, 0.25) is 0 Å². The average molecular weight is 494 g/mol. The summed E-state index contributed by atoms with van der Waals surface area (Å²) in [7, 11) is 0. The van der Waals surface area contributed by atoms with Crippen LogP contribution in [-0.2, 0) is 14.3 Å². The van der Waals surface area contributed by atoms with Gasteiger partial charge in [-0.2, -0.15) is 0 Å². The highest BCUT2D eigenvalue weighted by Crippen LogP contribution is 2.31. The Kier molecular flexibility index (Phi) is 12.4. The maximum atomic E-state index is 13.1. The lowest BCUT2D eigenvalue weighted by Gasteiger charge is -2.34. The monoisotopic (exact) mass is 493 g/mol. The molecule has 1 aromatic heterocycles. The molecule has 0 amide bonds.